The van der Waals surface area contributed by atoms with E-state index in [9.17, 15) is 10.3 Å². The van der Waals surface area contributed by atoms with Crippen LogP contribution < -0.4 is 0 Å². The maximum absolute atomic E-state index is 11.9. The number of halogens is 1. The lowest BCUT2D eigenvalue weighted by Crippen LogP contribution is -2.59. The Hall–Kier alpha value is -3.04. The standard InChI is InChI=1S/C28H28ClN3O5S/c29-16-24(33)34-19-23-26(35-17-20-10-4-1-5-11-20)27(36-18-21-12-6-2-7-13-21)25(31-32-30)28(37-23)38-22-14-8-3-9-15-22/h1-15,23,25-28H,16-19H2/t23-,25-,26-,27-,28?/m1/s1. The van der Waals surface area contributed by atoms with Crippen LogP contribution in [0.25, 0.3) is 10.4 Å². The fourth-order valence-corrected chi connectivity index (χ4v) is 5.28. The fourth-order valence-electron chi connectivity index (χ4n) is 4.08. The number of azide groups is 1. The largest absolute Gasteiger partial charge is 0.462 e. The summed E-state index contributed by atoms with van der Waals surface area (Å²) >= 11 is 7.07. The third-order valence-electron chi connectivity index (χ3n) is 5.88. The van der Waals surface area contributed by atoms with Gasteiger partial charge < -0.3 is 18.9 Å². The number of esters is 1. The predicted molar refractivity (Wildman–Crippen MR) is 146 cm³/mol. The SMILES string of the molecule is [N-]=[N+]=N[C@H]1C(Sc2ccccc2)O[C@H](COC(=O)CCl)[C@@H](OCc2ccccc2)[C@@H]1OCc1ccccc1. The number of rotatable bonds is 12. The molecule has 3 aromatic carbocycles. The molecule has 0 spiro atoms. The van der Waals surface area contributed by atoms with E-state index in [1.807, 2.05) is 91.0 Å². The van der Waals surface area contributed by atoms with Crippen LogP contribution in [-0.2, 0) is 37.0 Å². The third kappa shape index (κ3) is 7.98. The smallest absolute Gasteiger partial charge is 0.320 e. The van der Waals surface area contributed by atoms with Gasteiger partial charge in [0.05, 0.1) is 19.3 Å². The number of hydrogen-bond acceptors (Lipinski definition) is 7. The summed E-state index contributed by atoms with van der Waals surface area (Å²) in [5.74, 6) is -0.844. The molecule has 1 heterocycles. The minimum absolute atomic E-state index is 0.0922. The van der Waals surface area contributed by atoms with Gasteiger partial charge in [-0.2, -0.15) is 0 Å². The first-order valence-corrected chi connectivity index (χ1v) is 13.5. The van der Waals surface area contributed by atoms with Gasteiger partial charge in [0.25, 0.3) is 0 Å². The minimum atomic E-state index is -0.727. The average Bonchev–Trinajstić information content (AvgIpc) is 2.97. The zero-order valence-corrected chi connectivity index (χ0v) is 22.1. The molecular weight excluding hydrogens is 526 g/mol. The van der Waals surface area contributed by atoms with Crippen molar-refractivity contribution in [3.63, 3.8) is 0 Å². The van der Waals surface area contributed by atoms with E-state index in [2.05, 4.69) is 10.0 Å². The summed E-state index contributed by atoms with van der Waals surface area (Å²) in [5.41, 5.74) is 10.8. The van der Waals surface area contributed by atoms with Gasteiger partial charge in [0.2, 0.25) is 0 Å². The van der Waals surface area contributed by atoms with Crippen molar-refractivity contribution in [2.45, 2.75) is 47.9 Å². The Morgan fingerprint density at radius 3 is 2.00 bits per heavy atom. The minimum Gasteiger partial charge on any atom is -0.462 e. The van der Waals surface area contributed by atoms with Gasteiger partial charge in [0, 0.05) is 9.81 Å². The van der Waals surface area contributed by atoms with Gasteiger partial charge in [0.15, 0.2) is 0 Å². The van der Waals surface area contributed by atoms with Crippen molar-refractivity contribution >= 4 is 29.3 Å². The molecule has 1 fully saturated rings. The van der Waals surface area contributed by atoms with E-state index in [4.69, 9.17) is 30.5 Å². The molecular formula is C28H28ClN3O5S. The highest BCUT2D eigenvalue weighted by Gasteiger charge is 2.48. The first-order valence-electron chi connectivity index (χ1n) is 12.1. The van der Waals surface area contributed by atoms with Gasteiger partial charge in [-0.15, -0.1) is 11.6 Å². The van der Waals surface area contributed by atoms with E-state index >= 15 is 0 Å². The zero-order valence-electron chi connectivity index (χ0n) is 20.5. The quantitative estimate of drug-likeness (QED) is 0.0878. The van der Waals surface area contributed by atoms with Crippen molar-refractivity contribution in [3.05, 3.63) is 113 Å². The van der Waals surface area contributed by atoms with Crippen LogP contribution in [0.3, 0.4) is 0 Å². The van der Waals surface area contributed by atoms with Gasteiger partial charge in [-0.1, -0.05) is 95.7 Å². The second-order valence-electron chi connectivity index (χ2n) is 8.51. The van der Waals surface area contributed by atoms with Crippen molar-refractivity contribution in [2.75, 3.05) is 12.5 Å². The molecule has 0 aromatic heterocycles. The average molecular weight is 554 g/mol. The van der Waals surface area contributed by atoms with Crippen molar-refractivity contribution in [2.24, 2.45) is 5.11 Å². The molecule has 198 valence electrons. The van der Waals surface area contributed by atoms with Crippen molar-refractivity contribution in [1.29, 1.82) is 0 Å². The highest BCUT2D eigenvalue weighted by Crippen LogP contribution is 2.38. The zero-order chi connectivity index (χ0) is 26.6. The van der Waals surface area contributed by atoms with Gasteiger partial charge in [0.1, 0.15) is 36.2 Å². The second kappa shape index (κ2) is 14.8. The summed E-state index contributed by atoms with van der Waals surface area (Å²) in [4.78, 5) is 16.0. The Morgan fingerprint density at radius 2 is 1.45 bits per heavy atom. The van der Waals surface area contributed by atoms with E-state index in [1.54, 1.807) is 0 Å². The molecule has 5 atom stereocenters. The number of alkyl halides is 1. The van der Waals surface area contributed by atoms with Crippen LogP contribution in [0.1, 0.15) is 11.1 Å². The second-order valence-corrected chi connectivity index (χ2v) is 9.95. The van der Waals surface area contributed by atoms with Crippen LogP contribution in [0.2, 0.25) is 0 Å². The molecule has 8 nitrogen and oxygen atoms in total. The lowest BCUT2D eigenvalue weighted by Gasteiger charge is -2.44. The molecule has 1 unspecified atom stereocenters. The monoisotopic (exact) mass is 553 g/mol. The van der Waals surface area contributed by atoms with Crippen molar-refractivity contribution in [1.82, 2.24) is 0 Å². The lowest BCUT2D eigenvalue weighted by atomic mass is 9.97. The van der Waals surface area contributed by atoms with Crippen LogP contribution in [0, 0.1) is 0 Å². The number of hydrogen-bond donors (Lipinski definition) is 0. The first kappa shape index (κ1) is 28.0. The Kier molecular flexibility index (Phi) is 10.9. The van der Waals surface area contributed by atoms with Crippen LogP contribution in [-0.4, -0.2) is 48.2 Å². The van der Waals surface area contributed by atoms with E-state index < -0.39 is 35.8 Å². The van der Waals surface area contributed by atoms with Crippen LogP contribution in [0.5, 0.6) is 0 Å². The molecule has 1 saturated heterocycles. The lowest BCUT2D eigenvalue weighted by molar-refractivity contribution is -0.210. The van der Waals surface area contributed by atoms with Crippen LogP contribution in [0.15, 0.2) is 101 Å². The van der Waals surface area contributed by atoms with Gasteiger partial charge >= 0.3 is 5.97 Å². The molecule has 4 rings (SSSR count). The number of carbonyl (C=O) groups excluding carboxylic acids is 1. The maximum atomic E-state index is 11.9. The molecule has 0 saturated carbocycles. The molecule has 0 bridgehead atoms. The molecule has 3 aromatic rings. The van der Waals surface area contributed by atoms with Gasteiger partial charge in [-0.25, -0.2) is 0 Å². The molecule has 0 radical (unpaired) electrons. The van der Waals surface area contributed by atoms with Gasteiger partial charge in [-0.05, 0) is 28.8 Å². The highest BCUT2D eigenvalue weighted by atomic mass is 35.5. The molecule has 0 aliphatic carbocycles. The molecule has 1 aliphatic heterocycles. The topological polar surface area (TPSA) is 103 Å². The van der Waals surface area contributed by atoms with Crippen LogP contribution >= 0.6 is 23.4 Å². The molecule has 0 N–H and O–H groups in total. The Bertz CT molecular complexity index is 1180. The summed E-state index contributed by atoms with van der Waals surface area (Å²) < 4.78 is 24.6. The summed E-state index contributed by atoms with van der Waals surface area (Å²) in [5, 5.41) is 4.11. The maximum Gasteiger partial charge on any atom is 0.320 e. The number of nitrogens with zero attached hydrogens (tertiary/aromatic N) is 3. The number of carbonyl (C=O) groups is 1. The summed E-state index contributed by atoms with van der Waals surface area (Å²) in [6, 6.07) is 28.3. The summed E-state index contributed by atoms with van der Waals surface area (Å²) in [6.45, 7) is 0.440. The van der Waals surface area contributed by atoms with Crippen LogP contribution in [0.4, 0.5) is 0 Å². The van der Waals surface area contributed by atoms with Crippen molar-refractivity contribution < 1.29 is 23.7 Å². The summed E-state index contributed by atoms with van der Waals surface area (Å²) in [6.07, 6.45) is -2.09. The Morgan fingerprint density at radius 1 is 0.895 bits per heavy atom. The van der Waals surface area contributed by atoms with Crippen molar-refractivity contribution in [3.8, 4) is 0 Å². The number of benzene rings is 3. The molecule has 10 heteroatoms. The fraction of sp³-hybridized carbons (Fsp3) is 0.321. The number of thioether (sulfide) groups is 1. The highest BCUT2D eigenvalue weighted by molar-refractivity contribution is 7.99. The predicted octanol–water partition coefficient (Wildman–Crippen LogP) is 6.14. The Labute approximate surface area is 230 Å². The number of ether oxygens (including phenoxy) is 4. The summed E-state index contributed by atoms with van der Waals surface area (Å²) in [7, 11) is 0. The molecule has 0 amide bonds. The molecule has 38 heavy (non-hydrogen) atoms. The van der Waals surface area contributed by atoms with Gasteiger partial charge in [-0.3, -0.25) is 4.79 Å². The van der Waals surface area contributed by atoms with E-state index in [1.165, 1.54) is 11.8 Å². The van der Waals surface area contributed by atoms with E-state index in [0.29, 0.717) is 0 Å². The third-order valence-corrected chi connectivity index (χ3v) is 7.27. The first-order chi connectivity index (χ1) is 18.7. The van der Waals surface area contributed by atoms with E-state index in [-0.39, 0.29) is 25.7 Å². The van der Waals surface area contributed by atoms with E-state index in [0.717, 1.165) is 16.0 Å². The Balaban J connectivity index is 1.65. The molecule has 1 aliphatic rings. The normalized spacial score (nSPS) is 22.8.